The third kappa shape index (κ3) is 2.68. The average molecular weight is 374 g/mol. The number of nitrogens with zero attached hydrogens (tertiary/aromatic N) is 3. The van der Waals surface area contributed by atoms with Crippen LogP contribution in [0.3, 0.4) is 0 Å². The van der Waals surface area contributed by atoms with Gasteiger partial charge in [0.15, 0.2) is 0 Å². The first kappa shape index (κ1) is 17.0. The first-order valence-corrected chi connectivity index (χ1v) is 9.71. The van der Waals surface area contributed by atoms with E-state index in [-0.39, 0.29) is 11.8 Å². The summed E-state index contributed by atoms with van der Waals surface area (Å²) in [5, 5.41) is 0.933. The smallest absolute Gasteiger partial charge is 0.256 e. The van der Waals surface area contributed by atoms with E-state index >= 15 is 0 Å². The van der Waals surface area contributed by atoms with Crippen LogP contribution in [0.25, 0.3) is 10.9 Å². The van der Waals surface area contributed by atoms with Crippen LogP contribution in [0.5, 0.6) is 0 Å². The van der Waals surface area contributed by atoms with Crippen molar-refractivity contribution < 1.29 is 9.59 Å². The number of benzene rings is 1. The largest absolute Gasteiger partial charge is 0.360 e. The van der Waals surface area contributed by atoms with Gasteiger partial charge in [0.25, 0.3) is 5.91 Å². The Balaban J connectivity index is 1.32. The van der Waals surface area contributed by atoms with Gasteiger partial charge in [-0.3, -0.25) is 14.6 Å². The number of para-hydroxylation sites is 1. The van der Waals surface area contributed by atoms with Crippen LogP contribution in [-0.4, -0.2) is 51.2 Å². The average Bonchev–Trinajstić information content (AvgIpc) is 3.43. The number of nitrogens with one attached hydrogen (secondary N) is 1. The minimum Gasteiger partial charge on any atom is -0.360 e. The fraction of sp³-hybridized carbons (Fsp3) is 0.318. The molecular formula is C22H22N4O2. The van der Waals surface area contributed by atoms with Crippen LogP contribution in [0.2, 0.25) is 0 Å². The number of carbonyl (C=O) groups is 2. The van der Waals surface area contributed by atoms with Crippen molar-refractivity contribution >= 4 is 22.7 Å². The molecule has 1 spiro atoms. The maximum atomic E-state index is 13.2. The summed E-state index contributed by atoms with van der Waals surface area (Å²) in [6.07, 6.45) is 5.07. The van der Waals surface area contributed by atoms with Gasteiger partial charge in [0.05, 0.1) is 23.2 Å². The number of aromatic amines is 1. The quantitative estimate of drug-likeness (QED) is 0.766. The summed E-state index contributed by atoms with van der Waals surface area (Å²) < 4.78 is 0. The van der Waals surface area contributed by atoms with Crippen molar-refractivity contribution in [1.29, 1.82) is 0 Å². The second-order valence-corrected chi connectivity index (χ2v) is 7.80. The van der Waals surface area contributed by atoms with Gasteiger partial charge in [-0.1, -0.05) is 24.3 Å². The highest BCUT2D eigenvalue weighted by molar-refractivity contribution is 6.07. The second kappa shape index (κ2) is 6.48. The van der Waals surface area contributed by atoms with Gasteiger partial charge in [-0.25, -0.2) is 0 Å². The maximum absolute atomic E-state index is 13.2. The van der Waals surface area contributed by atoms with E-state index < -0.39 is 5.41 Å². The number of fused-ring (bicyclic) bond motifs is 1. The lowest BCUT2D eigenvalue weighted by Gasteiger charge is -2.23. The van der Waals surface area contributed by atoms with Gasteiger partial charge in [0, 0.05) is 42.9 Å². The molecule has 0 bridgehead atoms. The van der Waals surface area contributed by atoms with Gasteiger partial charge >= 0.3 is 0 Å². The summed E-state index contributed by atoms with van der Waals surface area (Å²) in [6, 6.07) is 13.6. The molecule has 0 aliphatic carbocycles. The highest BCUT2D eigenvalue weighted by Crippen LogP contribution is 2.41. The molecule has 3 aromatic rings. The summed E-state index contributed by atoms with van der Waals surface area (Å²) in [5.41, 5.74) is 2.11. The predicted octanol–water partition coefficient (Wildman–Crippen LogP) is 2.83. The molecule has 0 radical (unpaired) electrons. The van der Waals surface area contributed by atoms with Crippen molar-refractivity contribution in [2.45, 2.75) is 19.4 Å². The van der Waals surface area contributed by atoms with Crippen molar-refractivity contribution in [2.75, 3.05) is 19.6 Å². The summed E-state index contributed by atoms with van der Waals surface area (Å²) in [7, 11) is 0. The Labute approximate surface area is 163 Å². The molecule has 1 aromatic carbocycles. The first-order chi connectivity index (χ1) is 13.7. The standard InChI is InChI=1S/C22H22N4O2/c27-20(18-13-24-19-7-2-1-6-17(18)19)26-12-9-22(15-26)8-11-25(21(22)28)14-16-5-3-4-10-23-16/h1-7,10,13,24H,8-9,11-12,14-15H2. The minimum absolute atomic E-state index is 0.00491. The molecule has 2 saturated heterocycles. The molecule has 28 heavy (non-hydrogen) atoms. The summed E-state index contributed by atoms with van der Waals surface area (Å²) >= 11 is 0. The second-order valence-electron chi connectivity index (χ2n) is 7.80. The highest BCUT2D eigenvalue weighted by atomic mass is 16.2. The molecule has 1 unspecified atom stereocenters. The zero-order valence-corrected chi connectivity index (χ0v) is 15.6. The van der Waals surface area contributed by atoms with Crippen molar-refractivity contribution in [3.05, 3.63) is 66.1 Å². The number of rotatable bonds is 3. The Bertz CT molecular complexity index is 1040. The zero-order chi connectivity index (χ0) is 19.1. The molecule has 6 heteroatoms. The lowest BCUT2D eigenvalue weighted by molar-refractivity contribution is -0.135. The fourth-order valence-electron chi connectivity index (χ4n) is 4.57. The molecule has 6 nitrogen and oxygen atoms in total. The van der Waals surface area contributed by atoms with Crippen LogP contribution >= 0.6 is 0 Å². The van der Waals surface area contributed by atoms with E-state index in [0.717, 1.165) is 36.0 Å². The molecule has 2 fully saturated rings. The number of H-pyrrole nitrogens is 1. The molecule has 142 valence electrons. The first-order valence-electron chi connectivity index (χ1n) is 9.71. The third-order valence-corrected chi connectivity index (χ3v) is 6.14. The Morgan fingerprint density at radius 2 is 1.93 bits per heavy atom. The van der Waals surface area contributed by atoms with E-state index in [4.69, 9.17) is 0 Å². The Morgan fingerprint density at radius 3 is 2.79 bits per heavy atom. The van der Waals surface area contributed by atoms with Crippen molar-refractivity contribution in [2.24, 2.45) is 5.41 Å². The van der Waals surface area contributed by atoms with Gasteiger partial charge in [-0.2, -0.15) is 0 Å². The number of carbonyl (C=O) groups excluding carboxylic acids is 2. The molecule has 2 aromatic heterocycles. The number of hydrogen-bond donors (Lipinski definition) is 1. The Hall–Kier alpha value is -3.15. The summed E-state index contributed by atoms with van der Waals surface area (Å²) in [6.45, 7) is 2.40. The lowest BCUT2D eigenvalue weighted by Crippen LogP contribution is -2.38. The van der Waals surface area contributed by atoms with E-state index in [2.05, 4.69) is 9.97 Å². The number of aromatic nitrogens is 2. The number of pyridine rings is 1. The topological polar surface area (TPSA) is 69.3 Å². The molecular weight excluding hydrogens is 352 g/mol. The van der Waals surface area contributed by atoms with E-state index in [1.165, 1.54) is 0 Å². The molecule has 2 amide bonds. The monoisotopic (exact) mass is 374 g/mol. The SMILES string of the molecule is O=C(c1c[nH]c2ccccc12)N1CCC2(CCN(Cc3ccccn3)C2=O)C1. The van der Waals surface area contributed by atoms with Crippen molar-refractivity contribution in [1.82, 2.24) is 19.8 Å². The molecule has 2 aliphatic heterocycles. The van der Waals surface area contributed by atoms with Crippen molar-refractivity contribution in [3.8, 4) is 0 Å². The van der Waals surface area contributed by atoms with Crippen LogP contribution in [-0.2, 0) is 11.3 Å². The fourth-order valence-corrected chi connectivity index (χ4v) is 4.57. The Morgan fingerprint density at radius 1 is 1.11 bits per heavy atom. The molecule has 1 N–H and O–H groups in total. The van der Waals surface area contributed by atoms with Crippen LogP contribution in [0, 0.1) is 5.41 Å². The van der Waals surface area contributed by atoms with Gasteiger partial charge < -0.3 is 14.8 Å². The van der Waals surface area contributed by atoms with Crippen LogP contribution in [0.15, 0.2) is 54.9 Å². The van der Waals surface area contributed by atoms with Crippen LogP contribution in [0.4, 0.5) is 0 Å². The predicted molar refractivity (Wildman–Crippen MR) is 106 cm³/mol. The maximum Gasteiger partial charge on any atom is 0.256 e. The number of likely N-dealkylation sites (tertiary alicyclic amines) is 2. The van der Waals surface area contributed by atoms with Gasteiger partial charge in [-0.05, 0) is 31.0 Å². The zero-order valence-electron chi connectivity index (χ0n) is 15.6. The van der Waals surface area contributed by atoms with Crippen LogP contribution in [0.1, 0.15) is 28.9 Å². The van der Waals surface area contributed by atoms with Gasteiger partial charge in [0.1, 0.15) is 0 Å². The third-order valence-electron chi connectivity index (χ3n) is 6.14. The minimum atomic E-state index is -0.434. The highest BCUT2D eigenvalue weighted by Gasteiger charge is 2.51. The molecule has 1 atom stereocenters. The van der Waals surface area contributed by atoms with Crippen LogP contribution < -0.4 is 0 Å². The molecule has 2 aliphatic rings. The van der Waals surface area contributed by atoms with E-state index in [0.29, 0.717) is 25.2 Å². The molecule has 4 heterocycles. The summed E-state index contributed by atoms with van der Waals surface area (Å²) in [5.74, 6) is 0.165. The van der Waals surface area contributed by atoms with E-state index in [9.17, 15) is 9.59 Å². The molecule has 0 saturated carbocycles. The molecule has 5 rings (SSSR count). The normalized spacial score (nSPS) is 21.9. The Kier molecular flexibility index (Phi) is 3.93. The lowest BCUT2D eigenvalue weighted by atomic mass is 9.85. The number of amides is 2. The van der Waals surface area contributed by atoms with Crippen molar-refractivity contribution in [3.63, 3.8) is 0 Å². The van der Waals surface area contributed by atoms with Gasteiger partial charge in [0.2, 0.25) is 5.91 Å². The number of hydrogen-bond acceptors (Lipinski definition) is 3. The summed E-state index contributed by atoms with van der Waals surface area (Å²) in [4.78, 5) is 37.5. The van der Waals surface area contributed by atoms with E-state index in [1.54, 1.807) is 12.4 Å². The van der Waals surface area contributed by atoms with E-state index in [1.807, 2.05) is 52.3 Å². The van der Waals surface area contributed by atoms with Gasteiger partial charge in [-0.15, -0.1) is 0 Å².